The van der Waals surface area contributed by atoms with Gasteiger partial charge in [-0.05, 0) is 61.6 Å². The molecule has 3 atom stereocenters. The quantitative estimate of drug-likeness (QED) is 0.267. The monoisotopic (exact) mass is 598 g/mol. The van der Waals surface area contributed by atoms with E-state index in [2.05, 4.69) is 5.32 Å². The molecule has 9 nitrogen and oxygen atoms in total. The number of methoxy groups -OCH3 is 2. The first kappa shape index (κ1) is 30.7. The number of fused-ring (bicyclic) bond motifs is 1. The summed E-state index contributed by atoms with van der Waals surface area (Å²) >= 11 is 0. The van der Waals surface area contributed by atoms with Crippen molar-refractivity contribution in [3.8, 4) is 17.2 Å². The number of aliphatic carboxylic acids is 1. The number of allylic oxidation sites excluding steroid dienone is 1. The number of nitrogens with one attached hydrogen (secondary N) is 1. The van der Waals surface area contributed by atoms with Crippen LogP contribution in [0.3, 0.4) is 0 Å². The molecular formula is C35H38N2O7. The van der Waals surface area contributed by atoms with Gasteiger partial charge in [0.05, 0.1) is 44.2 Å². The number of rotatable bonds is 10. The van der Waals surface area contributed by atoms with E-state index in [0.29, 0.717) is 51.9 Å². The molecule has 0 aromatic heterocycles. The molecule has 0 bridgehead atoms. The van der Waals surface area contributed by atoms with Gasteiger partial charge < -0.3 is 24.6 Å². The molecule has 2 N–H and O–H groups in total. The Morgan fingerprint density at radius 3 is 2.41 bits per heavy atom. The van der Waals surface area contributed by atoms with Crippen molar-refractivity contribution in [2.24, 2.45) is 0 Å². The van der Waals surface area contributed by atoms with Gasteiger partial charge in [-0.3, -0.25) is 19.3 Å². The number of nitrogens with zero attached hydrogens (tertiary/aromatic N) is 1. The van der Waals surface area contributed by atoms with Gasteiger partial charge in [0.15, 0.2) is 17.3 Å². The van der Waals surface area contributed by atoms with Crippen molar-refractivity contribution in [2.45, 2.75) is 64.0 Å². The smallest absolute Gasteiger partial charge is 0.303 e. The molecule has 3 aromatic rings. The Morgan fingerprint density at radius 1 is 0.955 bits per heavy atom. The Hall–Kier alpha value is -4.79. The third-order valence-electron chi connectivity index (χ3n) is 8.31. The van der Waals surface area contributed by atoms with Crippen LogP contribution in [0, 0.1) is 0 Å². The number of hydrogen-bond acceptors (Lipinski definition) is 7. The molecule has 2 aliphatic rings. The number of carboxylic acid groups (broad SMARTS) is 1. The maximum absolute atomic E-state index is 14.4. The third-order valence-corrected chi connectivity index (χ3v) is 8.31. The standard InChI is InChI=1S/C35H38N2O7/c1-5-21(2)44-29-13-9-6-10-24(29)35-34-26(18-23(19-28(34)38)22-14-15-30(42-3)31(20-22)43-4)36-25-11-7-8-12-27(25)37(35)32(39)16-17-33(40)41/h6-15,20-21,23,35-36H,5,16-19H2,1-4H3,(H,40,41)/t21-,23-,35-/m1/s1. The summed E-state index contributed by atoms with van der Waals surface area (Å²) in [4.78, 5) is 41.5. The maximum atomic E-state index is 14.4. The topological polar surface area (TPSA) is 114 Å². The second-order valence-electron chi connectivity index (χ2n) is 11.1. The van der Waals surface area contributed by atoms with E-state index in [4.69, 9.17) is 14.2 Å². The highest BCUT2D eigenvalue weighted by Gasteiger charge is 2.42. The molecule has 0 saturated heterocycles. The first-order chi connectivity index (χ1) is 21.2. The fourth-order valence-corrected chi connectivity index (χ4v) is 5.95. The zero-order valence-electron chi connectivity index (χ0n) is 25.5. The number of benzene rings is 3. The largest absolute Gasteiger partial charge is 0.493 e. The van der Waals surface area contributed by atoms with Gasteiger partial charge in [0, 0.05) is 29.7 Å². The number of carboxylic acids is 1. The van der Waals surface area contributed by atoms with Crippen LogP contribution >= 0.6 is 0 Å². The normalized spacial score (nSPS) is 18.4. The Kier molecular flexibility index (Phi) is 9.23. The van der Waals surface area contributed by atoms with Gasteiger partial charge in [0.1, 0.15) is 5.75 Å². The summed E-state index contributed by atoms with van der Waals surface area (Å²) in [5.41, 5.74) is 4.02. The Morgan fingerprint density at radius 2 is 1.68 bits per heavy atom. The highest BCUT2D eigenvalue weighted by molar-refractivity contribution is 6.07. The summed E-state index contributed by atoms with van der Waals surface area (Å²) in [6, 6.07) is 19.7. The van der Waals surface area contributed by atoms with Crippen molar-refractivity contribution in [3.63, 3.8) is 0 Å². The lowest BCUT2D eigenvalue weighted by Gasteiger charge is -2.36. The molecule has 0 radical (unpaired) electrons. The molecule has 0 saturated carbocycles. The van der Waals surface area contributed by atoms with Crippen LogP contribution in [-0.2, 0) is 14.4 Å². The van der Waals surface area contributed by atoms with Crippen LogP contribution in [0.5, 0.6) is 17.2 Å². The molecule has 44 heavy (non-hydrogen) atoms. The fourth-order valence-electron chi connectivity index (χ4n) is 5.95. The molecule has 230 valence electrons. The molecule has 3 aromatic carbocycles. The van der Waals surface area contributed by atoms with E-state index >= 15 is 0 Å². The van der Waals surface area contributed by atoms with Gasteiger partial charge in [-0.1, -0.05) is 43.3 Å². The van der Waals surface area contributed by atoms with E-state index in [9.17, 15) is 19.5 Å². The first-order valence-corrected chi connectivity index (χ1v) is 14.9. The first-order valence-electron chi connectivity index (χ1n) is 14.9. The average molecular weight is 599 g/mol. The number of para-hydroxylation sites is 3. The molecule has 0 unspecified atom stereocenters. The molecular weight excluding hydrogens is 560 g/mol. The lowest BCUT2D eigenvalue weighted by atomic mass is 9.78. The number of amides is 1. The van der Waals surface area contributed by atoms with E-state index in [-0.39, 0.29) is 37.1 Å². The number of ketones is 1. The second-order valence-corrected chi connectivity index (χ2v) is 11.1. The molecule has 1 amide bonds. The van der Waals surface area contributed by atoms with Crippen molar-refractivity contribution < 1.29 is 33.7 Å². The number of carbonyl (C=O) groups excluding carboxylic acids is 2. The zero-order chi connectivity index (χ0) is 31.4. The number of anilines is 2. The van der Waals surface area contributed by atoms with Crippen molar-refractivity contribution in [1.82, 2.24) is 0 Å². The van der Waals surface area contributed by atoms with Crippen molar-refractivity contribution >= 4 is 29.0 Å². The van der Waals surface area contributed by atoms with Crippen LogP contribution in [0.4, 0.5) is 11.4 Å². The summed E-state index contributed by atoms with van der Waals surface area (Å²) in [6.45, 7) is 4.00. The zero-order valence-corrected chi connectivity index (χ0v) is 25.5. The Labute approximate surface area is 257 Å². The number of hydrogen-bond donors (Lipinski definition) is 2. The molecule has 1 heterocycles. The van der Waals surface area contributed by atoms with Crippen molar-refractivity contribution in [2.75, 3.05) is 24.4 Å². The van der Waals surface area contributed by atoms with Crippen molar-refractivity contribution in [3.05, 3.63) is 89.1 Å². The summed E-state index contributed by atoms with van der Waals surface area (Å²) in [5, 5.41) is 12.9. The summed E-state index contributed by atoms with van der Waals surface area (Å²) < 4.78 is 17.3. The molecule has 5 rings (SSSR count). The molecule has 1 aliphatic carbocycles. The highest BCUT2D eigenvalue weighted by atomic mass is 16.5. The SMILES string of the molecule is CC[C@@H](C)Oc1ccccc1[C@@H]1C2=C(C[C@@H](c3ccc(OC)c(OC)c3)CC2=O)Nc2ccccc2N1C(=O)CCC(=O)O. The number of ether oxygens (including phenoxy) is 3. The van der Waals surface area contributed by atoms with E-state index < -0.39 is 17.9 Å². The maximum Gasteiger partial charge on any atom is 0.303 e. The summed E-state index contributed by atoms with van der Waals surface area (Å²) in [6.07, 6.45) is 0.837. The van der Waals surface area contributed by atoms with Crippen molar-refractivity contribution in [1.29, 1.82) is 0 Å². The van der Waals surface area contributed by atoms with Gasteiger partial charge in [0.2, 0.25) is 5.91 Å². The van der Waals surface area contributed by atoms with Crippen LogP contribution in [-0.4, -0.2) is 43.1 Å². The van der Waals surface area contributed by atoms with Crippen LogP contribution in [0.15, 0.2) is 78.0 Å². The minimum atomic E-state index is -1.07. The highest BCUT2D eigenvalue weighted by Crippen LogP contribution is 2.49. The number of Topliss-reactive ketones (excluding diaryl/α,β-unsaturated/α-hetero) is 1. The summed E-state index contributed by atoms with van der Waals surface area (Å²) in [7, 11) is 3.16. The minimum Gasteiger partial charge on any atom is -0.493 e. The predicted molar refractivity (Wildman–Crippen MR) is 168 cm³/mol. The molecule has 1 aliphatic heterocycles. The van der Waals surface area contributed by atoms with E-state index in [1.165, 1.54) is 0 Å². The molecule has 9 heteroatoms. The number of carbonyl (C=O) groups is 3. The minimum absolute atomic E-state index is 0.103. The van der Waals surface area contributed by atoms with Gasteiger partial charge >= 0.3 is 5.97 Å². The van der Waals surface area contributed by atoms with Gasteiger partial charge in [-0.2, -0.15) is 0 Å². The van der Waals surface area contributed by atoms with Crippen LogP contribution < -0.4 is 24.4 Å². The van der Waals surface area contributed by atoms with Gasteiger partial charge in [-0.25, -0.2) is 0 Å². The van der Waals surface area contributed by atoms with Crippen LogP contribution in [0.25, 0.3) is 0 Å². The Balaban J connectivity index is 1.69. The van der Waals surface area contributed by atoms with Gasteiger partial charge in [-0.15, -0.1) is 0 Å². The molecule has 0 spiro atoms. The van der Waals surface area contributed by atoms with Crippen LogP contribution in [0.1, 0.15) is 69.0 Å². The van der Waals surface area contributed by atoms with E-state index in [1.54, 1.807) is 19.1 Å². The second kappa shape index (κ2) is 13.2. The predicted octanol–water partition coefficient (Wildman–Crippen LogP) is 6.65. The van der Waals surface area contributed by atoms with E-state index in [0.717, 1.165) is 12.0 Å². The summed E-state index contributed by atoms with van der Waals surface area (Å²) in [5.74, 6) is 0.0439. The average Bonchev–Trinajstić information content (AvgIpc) is 3.18. The van der Waals surface area contributed by atoms with E-state index in [1.807, 2.05) is 80.6 Å². The van der Waals surface area contributed by atoms with Gasteiger partial charge in [0.25, 0.3) is 0 Å². The Bertz CT molecular complexity index is 1600. The lowest BCUT2D eigenvalue weighted by molar-refractivity contribution is -0.138. The third kappa shape index (κ3) is 6.13. The lowest BCUT2D eigenvalue weighted by Crippen LogP contribution is -2.39. The van der Waals surface area contributed by atoms with Crippen LogP contribution in [0.2, 0.25) is 0 Å². The fraction of sp³-hybridized carbons (Fsp3) is 0.343. The molecule has 0 fully saturated rings.